The van der Waals surface area contributed by atoms with Crippen molar-refractivity contribution in [1.82, 2.24) is 9.78 Å². The van der Waals surface area contributed by atoms with Crippen molar-refractivity contribution in [3.63, 3.8) is 0 Å². The van der Waals surface area contributed by atoms with E-state index in [9.17, 15) is 4.79 Å². The van der Waals surface area contributed by atoms with Crippen molar-refractivity contribution in [3.05, 3.63) is 33.6 Å². The van der Waals surface area contributed by atoms with Gasteiger partial charge in [0.1, 0.15) is 0 Å². The monoisotopic (exact) mass is 289 g/mol. The first-order valence-electron chi connectivity index (χ1n) is 7.09. The van der Waals surface area contributed by atoms with Crippen molar-refractivity contribution in [2.75, 3.05) is 5.32 Å². The Bertz CT molecular complexity index is 629. The zero-order valence-electron chi connectivity index (χ0n) is 11.8. The summed E-state index contributed by atoms with van der Waals surface area (Å²) in [7, 11) is 1.89. The van der Waals surface area contributed by atoms with E-state index in [0.29, 0.717) is 6.42 Å². The van der Waals surface area contributed by atoms with Crippen LogP contribution in [0.4, 0.5) is 5.82 Å². The molecule has 3 rings (SSSR count). The van der Waals surface area contributed by atoms with Crippen LogP contribution in [-0.2, 0) is 18.3 Å². The first-order valence-corrected chi connectivity index (χ1v) is 7.91. The number of fused-ring (bicyclic) bond motifs is 1. The minimum absolute atomic E-state index is 0.0599. The summed E-state index contributed by atoms with van der Waals surface area (Å²) in [5, 5.41) is 7.18. The largest absolute Gasteiger partial charge is 0.309 e. The number of hydrogen-bond acceptors (Lipinski definition) is 3. The molecule has 0 bridgehead atoms. The van der Waals surface area contributed by atoms with E-state index in [4.69, 9.17) is 0 Å². The molecule has 0 saturated carbocycles. The first kappa shape index (κ1) is 13.4. The summed E-state index contributed by atoms with van der Waals surface area (Å²) >= 11 is 1.84. The first-order chi connectivity index (χ1) is 9.67. The van der Waals surface area contributed by atoms with Crippen molar-refractivity contribution in [2.24, 2.45) is 7.05 Å². The van der Waals surface area contributed by atoms with Crippen molar-refractivity contribution >= 4 is 23.1 Å². The molecule has 0 radical (unpaired) electrons. The molecule has 2 aromatic heterocycles. The summed E-state index contributed by atoms with van der Waals surface area (Å²) in [6.45, 7) is 2.21. The van der Waals surface area contributed by atoms with Gasteiger partial charge in [-0.25, -0.2) is 0 Å². The average molecular weight is 289 g/mol. The van der Waals surface area contributed by atoms with E-state index in [1.165, 1.54) is 22.6 Å². The highest BCUT2D eigenvalue weighted by Crippen LogP contribution is 2.39. The van der Waals surface area contributed by atoms with Gasteiger partial charge in [0.2, 0.25) is 5.91 Å². The number of unbranched alkanes of at least 4 members (excludes halogenated alkanes) is 1. The standard InChI is InChI=1S/C15H19N3OS/c1-3-4-5-10-6-7-13(20-10)11-8-14(19)16-15-12(11)9-18(2)17-15/h6-7,9,11H,3-5,8H2,1-2H3,(H,16,17,19). The predicted octanol–water partition coefficient (Wildman–Crippen LogP) is 3.30. The highest BCUT2D eigenvalue weighted by atomic mass is 32.1. The van der Waals surface area contributed by atoms with Gasteiger partial charge in [0, 0.05) is 40.9 Å². The lowest BCUT2D eigenvalue weighted by Crippen LogP contribution is -2.22. The Kier molecular flexibility index (Phi) is 3.61. The molecule has 1 aliphatic rings. The van der Waals surface area contributed by atoms with Gasteiger partial charge in [-0.1, -0.05) is 13.3 Å². The van der Waals surface area contributed by atoms with Crippen LogP contribution in [0.1, 0.15) is 47.4 Å². The number of amides is 1. The highest BCUT2D eigenvalue weighted by molar-refractivity contribution is 7.12. The molecule has 1 atom stereocenters. The minimum Gasteiger partial charge on any atom is -0.309 e. The third-order valence-corrected chi connectivity index (χ3v) is 4.94. The molecule has 4 nitrogen and oxygen atoms in total. The number of carbonyl (C=O) groups is 1. The number of aryl methyl sites for hydroxylation is 2. The van der Waals surface area contributed by atoms with Gasteiger partial charge in [0.25, 0.3) is 0 Å². The maximum Gasteiger partial charge on any atom is 0.226 e. The molecule has 1 amide bonds. The Morgan fingerprint density at radius 1 is 1.50 bits per heavy atom. The van der Waals surface area contributed by atoms with Crippen LogP contribution in [-0.4, -0.2) is 15.7 Å². The number of thiophene rings is 1. The normalized spacial score (nSPS) is 17.9. The molecule has 1 unspecified atom stereocenters. The summed E-state index contributed by atoms with van der Waals surface area (Å²) in [5.74, 6) is 0.940. The summed E-state index contributed by atoms with van der Waals surface area (Å²) in [4.78, 5) is 14.5. The number of anilines is 1. The van der Waals surface area contributed by atoms with Gasteiger partial charge in [-0.05, 0) is 25.0 Å². The van der Waals surface area contributed by atoms with Crippen LogP contribution in [0.2, 0.25) is 0 Å². The molecule has 1 N–H and O–H groups in total. The van der Waals surface area contributed by atoms with Crippen LogP contribution >= 0.6 is 11.3 Å². The Hall–Kier alpha value is -1.62. The molecule has 0 aromatic carbocycles. The van der Waals surface area contributed by atoms with E-state index in [0.717, 1.165) is 17.8 Å². The number of carbonyl (C=O) groups excluding carboxylic acids is 1. The van der Waals surface area contributed by atoms with Gasteiger partial charge < -0.3 is 5.32 Å². The third kappa shape index (κ3) is 2.50. The maximum atomic E-state index is 11.8. The number of rotatable bonds is 4. The van der Waals surface area contributed by atoms with Crippen molar-refractivity contribution in [3.8, 4) is 0 Å². The van der Waals surface area contributed by atoms with E-state index in [2.05, 4.69) is 29.5 Å². The Balaban J connectivity index is 1.89. The SMILES string of the molecule is CCCCc1ccc(C2CC(=O)Nc3nn(C)cc32)s1. The van der Waals surface area contributed by atoms with Crippen LogP contribution in [0, 0.1) is 0 Å². The lowest BCUT2D eigenvalue weighted by Gasteiger charge is -2.20. The average Bonchev–Trinajstić information content (AvgIpc) is 3.01. The summed E-state index contributed by atoms with van der Waals surface area (Å²) in [6.07, 6.45) is 6.12. The van der Waals surface area contributed by atoms with Gasteiger partial charge in [-0.3, -0.25) is 9.48 Å². The summed E-state index contributed by atoms with van der Waals surface area (Å²) in [5.41, 5.74) is 1.14. The highest BCUT2D eigenvalue weighted by Gasteiger charge is 2.29. The fraction of sp³-hybridized carbons (Fsp3) is 0.467. The summed E-state index contributed by atoms with van der Waals surface area (Å²) < 4.78 is 1.77. The van der Waals surface area contributed by atoms with Gasteiger partial charge in [0.05, 0.1) is 0 Å². The van der Waals surface area contributed by atoms with Gasteiger partial charge >= 0.3 is 0 Å². The topological polar surface area (TPSA) is 46.9 Å². The number of hydrogen-bond donors (Lipinski definition) is 1. The Labute approximate surface area is 122 Å². The Morgan fingerprint density at radius 2 is 2.35 bits per heavy atom. The quantitative estimate of drug-likeness (QED) is 0.938. The van der Waals surface area contributed by atoms with Crippen molar-refractivity contribution in [1.29, 1.82) is 0 Å². The van der Waals surface area contributed by atoms with Crippen LogP contribution in [0.3, 0.4) is 0 Å². The molecule has 20 heavy (non-hydrogen) atoms. The number of nitrogens with one attached hydrogen (secondary N) is 1. The smallest absolute Gasteiger partial charge is 0.226 e. The lowest BCUT2D eigenvalue weighted by atomic mass is 9.93. The lowest BCUT2D eigenvalue weighted by molar-refractivity contribution is -0.116. The van der Waals surface area contributed by atoms with Gasteiger partial charge in [0.15, 0.2) is 5.82 Å². The molecular weight excluding hydrogens is 270 g/mol. The number of nitrogens with zero attached hydrogens (tertiary/aromatic N) is 2. The molecule has 0 fully saturated rings. The van der Waals surface area contributed by atoms with E-state index >= 15 is 0 Å². The van der Waals surface area contributed by atoms with Crippen molar-refractivity contribution < 1.29 is 4.79 Å². The molecule has 5 heteroatoms. The zero-order valence-corrected chi connectivity index (χ0v) is 12.7. The maximum absolute atomic E-state index is 11.8. The molecule has 2 aromatic rings. The number of aromatic nitrogens is 2. The van der Waals surface area contributed by atoms with Gasteiger partial charge in [-0.2, -0.15) is 5.10 Å². The molecule has 106 valence electrons. The Morgan fingerprint density at radius 3 is 3.15 bits per heavy atom. The van der Waals surface area contributed by atoms with E-state index in [1.807, 2.05) is 24.6 Å². The van der Waals surface area contributed by atoms with Gasteiger partial charge in [-0.15, -0.1) is 11.3 Å². The minimum atomic E-state index is 0.0599. The van der Waals surface area contributed by atoms with Crippen LogP contribution in [0.25, 0.3) is 0 Å². The molecule has 1 aliphatic heterocycles. The predicted molar refractivity (Wildman–Crippen MR) is 81.2 cm³/mol. The molecule has 3 heterocycles. The fourth-order valence-corrected chi connectivity index (χ4v) is 3.83. The second-order valence-electron chi connectivity index (χ2n) is 5.32. The van der Waals surface area contributed by atoms with Crippen LogP contribution in [0.15, 0.2) is 18.3 Å². The molecule has 0 saturated heterocycles. The molecular formula is C15H19N3OS. The fourth-order valence-electron chi connectivity index (χ4n) is 2.66. The van der Waals surface area contributed by atoms with E-state index < -0.39 is 0 Å². The summed E-state index contributed by atoms with van der Waals surface area (Å²) in [6, 6.07) is 4.38. The molecule has 0 aliphatic carbocycles. The zero-order chi connectivity index (χ0) is 14.1. The third-order valence-electron chi connectivity index (χ3n) is 3.68. The second kappa shape index (κ2) is 5.40. The van der Waals surface area contributed by atoms with Crippen LogP contribution < -0.4 is 5.32 Å². The van der Waals surface area contributed by atoms with Crippen LogP contribution in [0.5, 0.6) is 0 Å². The van der Waals surface area contributed by atoms with E-state index in [1.54, 1.807) is 4.68 Å². The van der Waals surface area contributed by atoms with Crippen molar-refractivity contribution in [2.45, 2.75) is 38.5 Å². The van der Waals surface area contributed by atoms with E-state index in [-0.39, 0.29) is 11.8 Å². The second-order valence-corrected chi connectivity index (χ2v) is 6.52. The molecule has 0 spiro atoms.